The highest BCUT2D eigenvalue weighted by molar-refractivity contribution is 6.03. The van der Waals surface area contributed by atoms with Crippen LogP contribution in [0.1, 0.15) is 43.2 Å². The Hall–Kier alpha value is -2.61. The topological polar surface area (TPSA) is 26.0 Å². The molecule has 132 valence electrons. The molecule has 0 unspecified atom stereocenters. The van der Waals surface area contributed by atoms with Crippen LogP contribution >= 0.6 is 0 Å². The summed E-state index contributed by atoms with van der Waals surface area (Å²) in [4.78, 5) is 4.74. The Labute approximate surface area is 154 Å². The molecule has 0 N–H and O–H groups in total. The molecule has 2 heterocycles. The molecular weight excluding hydrogens is 318 g/mol. The zero-order valence-corrected chi connectivity index (χ0v) is 16.4. The second kappa shape index (κ2) is 5.70. The highest BCUT2D eigenvalue weighted by atomic mass is 16.3. The summed E-state index contributed by atoms with van der Waals surface area (Å²) in [6.07, 6.45) is 1.90. The number of rotatable bonds is 1. The van der Waals surface area contributed by atoms with E-state index in [9.17, 15) is 0 Å². The molecule has 0 saturated carbocycles. The van der Waals surface area contributed by atoms with Gasteiger partial charge in [0.15, 0.2) is 0 Å². The van der Waals surface area contributed by atoms with E-state index in [1.807, 2.05) is 13.1 Å². The second-order valence-corrected chi connectivity index (χ2v) is 8.32. The van der Waals surface area contributed by atoms with Gasteiger partial charge in [-0.3, -0.25) is 4.98 Å². The van der Waals surface area contributed by atoms with E-state index in [4.69, 9.17) is 9.40 Å². The van der Waals surface area contributed by atoms with Crippen molar-refractivity contribution >= 4 is 21.7 Å². The van der Waals surface area contributed by atoms with Crippen LogP contribution in [0.3, 0.4) is 0 Å². The smallest absolute Gasteiger partial charge is 0.143 e. The Balaban J connectivity index is 2.04. The largest absolute Gasteiger partial charge is 0.460 e. The van der Waals surface area contributed by atoms with E-state index in [0.717, 1.165) is 22.6 Å². The average Bonchev–Trinajstić information content (AvgIpc) is 2.87. The number of aromatic nitrogens is 1. The van der Waals surface area contributed by atoms with Gasteiger partial charge >= 0.3 is 0 Å². The first-order valence-corrected chi connectivity index (χ1v) is 9.15. The Kier molecular flexibility index (Phi) is 3.69. The predicted molar refractivity (Wildman–Crippen MR) is 110 cm³/mol. The molecule has 0 fully saturated rings. The van der Waals surface area contributed by atoms with Gasteiger partial charge in [0.2, 0.25) is 0 Å². The standard InChI is InChI=1S/C24H25NO/c1-14-11-20-15(2)16(3)26-23(20)21(12-14)22-19-8-7-18(24(4,5)6)13-17(19)9-10-25-22/h7-13H,1-6H3. The number of aryl methyl sites for hydroxylation is 3. The van der Waals surface area contributed by atoms with Crippen LogP contribution in [-0.4, -0.2) is 4.98 Å². The maximum atomic E-state index is 6.13. The molecule has 2 aromatic carbocycles. The van der Waals surface area contributed by atoms with Crippen LogP contribution in [0, 0.1) is 20.8 Å². The van der Waals surface area contributed by atoms with Gasteiger partial charge in [-0.05, 0) is 66.5 Å². The number of hydrogen-bond acceptors (Lipinski definition) is 2. The van der Waals surface area contributed by atoms with Crippen LogP contribution in [-0.2, 0) is 5.41 Å². The number of benzene rings is 2. The molecule has 0 amide bonds. The van der Waals surface area contributed by atoms with E-state index in [-0.39, 0.29) is 5.41 Å². The summed E-state index contributed by atoms with van der Waals surface area (Å²) in [6.45, 7) is 13.0. The van der Waals surface area contributed by atoms with Gasteiger partial charge in [-0.15, -0.1) is 0 Å². The lowest BCUT2D eigenvalue weighted by atomic mass is 9.85. The molecule has 0 aliphatic rings. The van der Waals surface area contributed by atoms with Crippen molar-refractivity contribution < 1.29 is 4.42 Å². The molecule has 4 rings (SSSR count). The summed E-state index contributed by atoms with van der Waals surface area (Å²) in [5.74, 6) is 0.974. The Morgan fingerprint density at radius 2 is 1.65 bits per heavy atom. The third kappa shape index (κ3) is 2.61. The Morgan fingerprint density at radius 1 is 0.885 bits per heavy atom. The minimum Gasteiger partial charge on any atom is -0.460 e. The minimum atomic E-state index is 0.128. The fourth-order valence-electron chi connectivity index (χ4n) is 3.62. The van der Waals surface area contributed by atoms with Gasteiger partial charge < -0.3 is 4.42 Å². The molecule has 2 heteroatoms. The molecule has 0 aliphatic heterocycles. The summed E-state index contributed by atoms with van der Waals surface area (Å²) >= 11 is 0. The molecule has 0 atom stereocenters. The highest BCUT2D eigenvalue weighted by Gasteiger charge is 2.18. The third-order valence-electron chi connectivity index (χ3n) is 5.31. The van der Waals surface area contributed by atoms with Crippen molar-refractivity contribution in [3.05, 3.63) is 65.0 Å². The number of fused-ring (bicyclic) bond motifs is 2. The van der Waals surface area contributed by atoms with Gasteiger partial charge in [0.1, 0.15) is 11.3 Å². The molecule has 0 saturated heterocycles. The first-order valence-electron chi connectivity index (χ1n) is 9.15. The molecule has 0 aliphatic carbocycles. The Bertz CT molecular complexity index is 1140. The minimum absolute atomic E-state index is 0.128. The predicted octanol–water partition coefficient (Wildman–Crippen LogP) is 6.87. The SMILES string of the molecule is Cc1cc(-c2nccc3cc(C(C)(C)C)ccc23)c2oc(C)c(C)c2c1. The zero-order valence-electron chi connectivity index (χ0n) is 16.4. The highest BCUT2D eigenvalue weighted by Crippen LogP contribution is 2.37. The van der Waals surface area contributed by atoms with Crippen LogP contribution in [0.2, 0.25) is 0 Å². The third-order valence-corrected chi connectivity index (χ3v) is 5.31. The molecule has 2 aromatic heterocycles. The lowest BCUT2D eigenvalue weighted by Gasteiger charge is -2.20. The fraction of sp³-hybridized carbons (Fsp3) is 0.292. The van der Waals surface area contributed by atoms with Crippen molar-refractivity contribution in [1.82, 2.24) is 4.98 Å². The summed E-state index contributed by atoms with van der Waals surface area (Å²) in [7, 11) is 0. The van der Waals surface area contributed by atoms with Gasteiger partial charge in [-0.25, -0.2) is 0 Å². The van der Waals surface area contributed by atoms with Crippen molar-refractivity contribution in [2.75, 3.05) is 0 Å². The maximum Gasteiger partial charge on any atom is 0.143 e. The monoisotopic (exact) mass is 343 g/mol. The van der Waals surface area contributed by atoms with E-state index in [0.29, 0.717) is 0 Å². The fourth-order valence-corrected chi connectivity index (χ4v) is 3.62. The average molecular weight is 343 g/mol. The van der Waals surface area contributed by atoms with Gasteiger partial charge in [0, 0.05) is 22.5 Å². The molecule has 4 aromatic rings. The van der Waals surface area contributed by atoms with E-state index in [1.165, 1.54) is 32.8 Å². The number of furan rings is 1. The van der Waals surface area contributed by atoms with Gasteiger partial charge in [0.25, 0.3) is 0 Å². The van der Waals surface area contributed by atoms with E-state index in [1.54, 1.807) is 0 Å². The van der Waals surface area contributed by atoms with Crippen LogP contribution < -0.4 is 0 Å². The normalized spacial score (nSPS) is 12.2. The van der Waals surface area contributed by atoms with Crippen molar-refractivity contribution in [2.45, 2.75) is 47.0 Å². The summed E-state index contributed by atoms with van der Waals surface area (Å²) in [5.41, 5.74) is 6.90. The lowest BCUT2D eigenvalue weighted by Crippen LogP contribution is -2.10. The molecular formula is C24H25NO. The molecule has 2 nitrogen and oxygen atoms in total. The lowest BCUT2D eigenvalue weighted by molar-refractivity contribution is 0.576. The first kappa shape index (κ1) is 16.8. The molecule has 0 radical (unpaired) electrons. The van der Waals surface area contributed by atoms with Crippen molar-refractivity contribution in [1.29, 1.82) is 0 Å². The molecule has 0 bridgehead atoms. The van der Waals surface area contributed by atoms with Crippen LogP contribution in [0.25, 0.3) is 33.0 Å². The van der Waals surface area contributed by atoms with Crippen LogP contribution in [0.15, 0.2) is 47.0 Å². The first-order chi connectivity index (χ1) is 12.3. The quantitative estimate of drug-likeness (QED) is 0.377. The van der Waals surface area contributed by atoms with Crippen molar-refractivity contribution in [2.24, 2.45) is 0 Å². The summed E-state index contributed by atoms with van der Waals surface area (Å²) in [5, 5.41) is 3.57. The van der Waals surface area contributed by atoms with E-state index in [2.05, 4.69) is 71.0 Å². The van der Waals surface area contributed by atoms with E-state index >= 15 is 0 Å². The van der Waals surface area contributed by atoms with Gasteiger partial charge in [-0.1, -0.05) is 39.0 Å². The van der Waals surface area contributed by atoms with Crippen molar-refractivity contribution in [3.8, 4) is 11.3 Å². The van der Waals surface area contributed by atoms with Crippen LogP contribution in [0.4, 0.5) is 0 Å². The maximum absolute atomic E-state index is 6.13. The van der Waals surface area contributed by atoms with Crippen molar-refractivity contribution in [3.63, 3.8) is 0 Å². The number of nitrogens with zero attached hydrogens (tertiary/aromatic N) is 1. The number of pyridine rings is 1. The van der Waals surface area contributed by atoms with E-state index < -0.39 is 0 Å². The zero-order chi connectivity index (χ0) is 18.6. The van der Waals surface area contributed by atoms with Crippen LogP contribution in [0.5, 0.6) is 0 Å². The summed E-state index contributed by atoms with van der Waals surface area (Å²) in [6, 6.07) is 13.2. The Morgan fingerprint density at radius 3 is 2.38 bits per heavy atom. The molecule has 26 heavy (non-hydrogen) atoms. The number of hydrogen-bond donors (Lipinski definition) is 0. The second-order valence-electron chi connectivity index (χ2n) is 8.32. The summed E-state index contributed by atoms with van der Waals surface area (Å²) < 4.78 is 6.13. The van der Waals surface area contributed by atoms with Gasteiger partial charge in [-0.2, -0.15) is 0 Å². The molecule has 0 spiro atoms. The van der Waals surface area contributed by atoms with Gasteiger partial charge in [0.05, 0.1) is 5.69 Å².